The van der Waals surface area contributed by atoms with E-state index < -0.39 is 22.7 Å². The number of ether oxygens (including phenoxy) is 2. The molecule has 2 aliphatic rings. The van der Waals surface area contributed by atoms with E-state index in [1.165, 1.54) is 12.1 Å². The number of hydrogen-bond donors (Lipinski definition) is 1. The number of amides is 1. The van der Waals surface area contributed by atoms with Gasteiger partial charge in [-0.2, -0.15) is 9.29 Å². The van der Waals surface area contributed by atoms with Crippen LogP contribution >= 0.6 is 0 Å². The Kier molecular flexibility index (Phi) is 5.95. The Balaban J connectivity index is 1.64. The number of carbonyl (C=O) groups excluding carboxylic acids is 1. The number of aliphatic hydroxyl groups excluding tert-OH is 1. The predicted molar refractivity (Wildman–Crippen MR) is 113 cm³/mol. The number of sulfonamides is 1. The summed E-state index contributed by atoms with van der Waals surface area (Å²) in [5.74, 6) is -0.0236. The van der Waals surface area contributed by atoms with Gasteiger partial charge in [-0.05, 0) is 30.4 Å². The first-order chi connectivity index (χ1) is 15.2. The molecule has 1 aromatic heterocycles. The number of aliphatic hydroxyl groups is 1. The highest BCUT2D eigenvalue weighted by molar-refractivity contribution is 7.90. The fourth-order valence-corrected chi connectivity index (χ4v) is 5.40. The van der Waals surface area contributed by atoms with Crippen LogP contribution in [0.4, 0.5) is 0 Å². The third kappa shape index (κ3) is 3.86. The lowest BCUT2D eigenvalue weighted by molar-refractivity contribution is 0.0784. The van der Waals surface area contributed by atoms with E-state index in [-0.39, 0.29) is 46.8 Å². The molecule has 1 amide bonds. The van der Waals surface area contributed by atoms with Gasteiger partial charge in [0.25, 0.3) is 21.5 Å². The van der Waals surface area contributed by atoms with Gasteiger partial charge in [-0.3, -0.25) is 14.2 Å². The van der Waals surface area contributed by atoms with Gasteiger partial charge in [-0.1, -0.05) is 13.8 Å². The molecule has 2 aromatic rings. The third-order valence-corrected chi connectivity index (χ3v) is 7.25. The average molecular weight is 464 g/mol. The van der Waals surface area contributed by atoms with Crippen LogP contribution in [0.1, 0.15) is 54.4 Å². The molecule has 0 radical (unpaired) electrons. The maximum absolute atomic E-state index is 13.2. The van der Waals surface area contributed by atoms with Crippen molar-refractivity contribution in [2.75, 3.05) is 19.9 Å². The van der Waals surface area contributed by atoms with Crippen molar-refractivity contribution in [1.29, 1.82) is 0 Å². The molecule has 0 saturated heterocycles. The molecule has 4 rings (SSSR count). The van der Waals surface area contributed by atoms with Crippen molar-refractivity contribution in [3.63, 3.8) is 0 Å². The summed E-state index contributed by atoms with van der Waals surface area (Å²) in [5, 5.41) is 9.01. The summed E-state index contributed by atoms with van der Waals surface area (Å²) in [5.41, 5.74) is 0.339. The van der Waals surface area contributed by atoms with Crippen molar-refractivity contribution in [3.05, 3.63) is 45.5 Å². The fourth-order valence-electron chi connectivity index (χ4n) is 3.94. The SMILES string of the molecule is CC(C)c1cc(OCCO)cc2c1C(=O)N(COc1cc(=O)n3c(n1)CCCC3)S2(=O)=O. The Hall–Kier alpha value is -2.92. The van der Waals surface area contributed by atoms with Crippen molar-refractivity contribution < 1.29 is 27.8 Å². The molecule has 0 aliphatic carbocycles. The van der Waals surface area contributed by atoms with E-state index in [0.717, 1.165) is 12.8 Å². The number of aromatic nitrogens is 2. The van der Waals surface area contributed by atoms with E-state index in [1.807, 2.05) is 13.8 Å². The van der Waals surface area contributed by atoms with Gasteiger partial charge in [-0.15, -0.1) is 0 Å². The zero-order valence-corrected chi connectivity index (χ0v) is 18.7. The number of hydrogen-bond acceptors (Lipinski definition) is 8. The Bertz CT molecular complexity index is 1220. The molecule has 0 atom stereocenters. The van der Waals surface area contributed by atoms with Gasteiger partial charge in [0.15, 0.2) is 6.73 Å². The summed E-state index contributed by atoms with van der Waals surface area (Å²) in [6, 6.07) is 4.10. The van der Waals surface area contributed by atoms with Crippen LogP contribution in [0.25, 0.3) is 0 Å². The number of fused-ring (bicyclic) bond motifs is 2. The van der Waals surface area contributed by atoms with Crippen LogP contribution in [0.2, 0.25) is 0 Å². The van der Waals surface area contributed by atoms with E-state index in [9.17, 15) is 18.0 Å². The van der Waals surface area contributed by atoms with E-state index in [4.69, 9.17) is 14.6 Å². The maximum atomic E-state index is 13.2. The number of nitrogens with zero attached hydrogens (tertiary/aromatic N) is 3. The van der Waals surface area contributed by atoms with Crippen LogP contribution in [0.5, 0.6) is 11.6 Å². The fraction of sp³-hybridized carbons (Fsp3) is 0.476. The largest absolute Gasteiger partial charge is 0.491 e. The van der Waals surface area contributed by atoms with Crippen LogP contribution in [-0.4, -0.2) is 53.2 Å². The van der Waals surface area contributed by atoms with Crippen molar-refractivity contribution in [2.45, 2.75) is 50.5 Å². The second-order valence-electron chi connectivity index (χ2n) is 8.00. The monoisotopic (exact) mass is 463 g/mol. The highest BCUT2D eigenvalue weighted by Crippen LogP contribution is 2.38. The molecule has 2 aliphatic heterocycles. The first kappa shape index (κ1) is 22.3. The molecule has 32 heavy (non-hydrogen) atoms. The van der Waals surface area contributed by atoms with Crippen LogP contribution in [0, 0.1) is 0 Å². The smallest absolute Gasteiger partial charge is 0.272 e. The number of carbonyl (C=O) groups is 1. The zero-order valence-electron chi connectivity index (χ0n) is 17.9. The van der Waals surface area contributed by atoms with E-state index in [0.29, 0.717) is 28.7 Å². The topological polar surface area (TPSA) is 128 Å². The van der Waals surface area contributed by atoms with Crippen molar-refractivity contribution >= 4 is 15.9 Å². The summed E-state index contributed by atoms with van der Waals surface area (Å²) >= 11 is 0. The molecule has 3 heterocycles. The molecule has 11 heteroatoms. The summed E-state index contributed by atoms with van der Waals surface area (Å²) in [4.78, 5) is 29.5. The lowest BCUT2D eigenvalue weighted by atomic mass is 9.96. The molecule has 0 bridgehead atoms. The van der Waals surface area contributed by atoms with Gasteiger partial charge in [0, 0.05) is 19.0 Å². The second kappa shape index (κ2) is 8.55. The van der Waals surface area contributed by atoms with Gasteiger partial charge in [0.2, 0.25) is 5.88 Å². The molecule has 1 aromatic carbocycles. The standard InChI is InChI=1S/C21H25N3O7S/c1-13(2)15-9-14(30-8-7-25)10-16-20(15)21(27)24(32(16,28)29)12-31-18-11-19(26)23-6-4-3-5-17(23)22-18/h9-11,13,25H,3-8,12H2,1-2H3. The summed E-state index contributed by atoms with van der Waals surface area (Å²) in [6.45, 7) is 3.44. The van der Waals surface area contributed by atoms with Crippen molar-refractivity contribution in [3.8, 4) is 11.6 Å². The third-order valence-electron chi connectivity index (χ3n) is 5.52. The molecule has 0 fully saturated rings. The Morgan fingerprint density at radius 3 is 2.66 bits per heavy atom. The molecule has 0 saturated carbocycles. The molecule has 0 unspecified atom stereocenters. The molecule has 172 valence electrons. The van der Waals surface area contributed by atoms with E-state index in [1.54, 1.807) is 10.6 Å². The van der Waals surface area contributed by atoms with E-state index in [2.05, 4.69) is 4.98 Å². The molecular weight excluding hydrogens is 438 g/mol. The van der Waals surface area contributed by atoms with Gasteiger partial charge < -0.3 is 14.6 Å². The van der Waals surface area contributed by atoms with Gasteiger partial charge in [0.05, 0.1) is 18.2 Å². The highest BCUT2D eigenvalue weighted by Gasteiger charge is 2.44. The first-order valence-corrected chi connectivity index (χ1v) is 11.9. The van der Waals surface area contributed by atoms with Gasteiger partial charge in [0.1, 0.15) is 23.1 Å². The zero-order chi connectivity index (χ0) is 23.0. The van der Waals surface area contributed by atoms with Crippen LogP contribution in [-0.2, 0) is 23.0 Å². The van der Waals surface area contributed by atoms with Crippen molar-refractivity contribution in [2.24, 2.45) is 0 Å². The molecular formula is C21H25N3O7S. The van der Waals surface area contributed by atoms with E-state index >= 15 is 0 Å². The average Bonchev–Trinajstić information content (AvgIpc) is 2.95. The van der Waals surface area contributed by atoms with Crippen LogP contribution < -0.4 is 15.0 Å². The summed E-state index contributed by atoms with van der Waals surface area (Å²) in [6.07, 6.45) is 2.44. The van der Waals surface area contributed by atoms with Gasteiger partial charge >= 0.3 is 0 Å². The molecule has 10 nitrogen and oxygen atoms in total. The number of benzene rings is 1. The highest BCUT2D eigenvalue weighted by atomic mass is 32.2. The van der Waals surface area contributed by atoms with Gasteiger partial charge in [-0.25, -0.2) is 8.42 Å². The van der Waals surface area contributed by atoms with Crippen LogP contribution in [0.15, 0.2) is 27.9 Å². The Morgan fingerprint density at radius 1 is 1.16 bits per heavy atom. The van der Waals surface area contributed by atoms with Crippen LogP contribution in [0.3, 0.4) is 0 Å². The maximum Gasteiger partial charge on any atom is 0.272 e. The minimum absolute atomic E-state index is 0.00329. The first-order valence-electron chi connectivity index (χ1n) is 10.5. The van der Waals surface area contributed by atoms with Crippen molar-refractivity contribution in [1.82, 2.24) is 13.9 Å². The molecule has 0 spiro atoms. The Morgan fingerprint density at radius 2 is 1.94 bits per heavy atom. The normalized spacial score (nSPS) is 16.8. The minimum atomic E-state index is -4.19. The number of rotatable bonds is 7. The predicted octanol–water partition coefficient (Wildman–Crippen LogP) is 1.26. The number of aryl methyl sites for hydroxylation is 1. The summed E-state index contributed by atoms with van der Waals surface area (Å²) in [7, 11) is -4.19. The minimum Gasteiger partial charge on any atom is -0.491 e. The lowest BCUT2D eigenvalue weighted by Crippen LogP contribution is -2.35. The quantitative estimate of drug-likeness (QED) is 0.650. The summed E-state index contributed by atoms with van der Waals surface area (Å²) < 4.78 is 39.4. The second-order valence-corrected chi connectivity index (χ2v) is 9.83. The molecule has 1 N–H and O–H groups in total. The lowest BCUT2D eigenvalue weighted by Gasteiger charge is -2.19. The Labute approximate surface area is 185 Å².